The molecule has 1 amide bonds. The lowest BCUT2D eigenvalue weighted by molar-refractivity contribution is -0.0331. The molecule has 0 unspecified atom stereocenters. The van der Waals surface area contributed by atoms with Gasteiger partial charge in [-0.1, -0.05) is 11.6 Å². The number of hydrogen-bond acceptors (Lipinski definition) is 6. The molecule has 0 spiro atoms. The fraction of sp³-hybridized carbons (Fsp3) is 0.600. The van der Waals surface area contributed by atoms with E-state index in [1.165, 1.54) is 0 Å². The van der Waals surface area contributed by atoms with Gasteiger partial charge < -0.3 is 19.1 Å². The fourth-order valence-electron chi connectivity index (χ4n) is 3.33. The van der Waals surface area contributed by atoms with Crippen LogP contribution in [-0.4, -0.2) is 69.0 Å². The van der Waals surface area contributed by atoms with Gasteiger partial charge in [0.05, 0.1) is 39.5 Å². The minimum atomic E-state index is -0.552. The molecular formula is C20H28ClN3O4. The van der Waals surface area contributed by atoms with Crippen LogP contribution >= 0.6 is 11.6 Å². The molecule has 2 aliphatic heterocycles. The van der Waals surface area contributed by atoms with Crippen molar-refractivity contribution in [2.45, 2.75) is 32.4 Å². The van der Waals surface area contributed by atoms with Crippen molar-refractivity contribution in [2.75, 3.05) is 51.4 Å². The van der Waals surface area contributed by atoms with Crippen molar-refractivity contribution in [3.05, 3.63) is 28.8 Å². The van der Waals surface area contributed by atoms with E-state index in [2.05, 4.69) is 16.0 Å². The van der Waals surface area contributed by atoms with Crippen LogP contribution < -0.4 is 4.90 Å². The zero-order chi connectivity index (χ0) is 20.3. The van der Waals surface area contributed by atoms with E-state index in [0.29, 0.717) is 43.8 Å². The van der Waals surface area contributed by atoms with E-state index >= 15 is 0 Å². The van der Waals surface area contributed by atoms with Crippen molar-refractivity contribution >= 4 is 29.3 Å². The number of morpholine rings is 1. The minimum absolute atomic E-state index is 0.249. The van der Waals surface area contributed by atoms with E-state index in [1.807, 2.05) is 32.9 Å². The van der Waals surface area contributed by atoms with Crippen molar-refractivity contribution in [3.63, 3.8) is 0 Å². The lowest BCUT2D eigenvalue weighted by Gasteiger charge is -2.37. The summed E-state index contributed by atoms with van der Waals surface area (Å²) in [5.74, 6) is 0.698. The van der Waals surface area contributed by atoms with Crippen LogP contribution in [0.2, 0.25) is 5.02 Å². The van der Waals surface area contributed by atoms with Crippen molar-refractivity contribution in [1.29, 1.82) is 0 Å². The van der Waals surface area contributed by atoms with E-state index < -0.39 is 5.60 Å². The lowest BCUT2D eigenvalue weighted by atomic mass is 10.0. The van der Waals surface area contributed by atoms with Crippen LogP contribution in [0.25, 0.3) is 0 Å². The highest BCUT2D eigenvalue weighted by molar-refractivity contribution is 6.31. The molecule has 0 saturated carbocycles. The van der Waals surface area contributed by atoms with Crippen molar-refractivity contribution < 1.29 is 19.0 Å². The van der Waals surface area contributed by atoms with Gasteiger partial charge in [0.15, 0.2) is 0 Å². The molecule has 0 N–H and O–H groups in total. The first-order valence-corrected chi connectivity index (χ1v) is 9.85. The summed E-state index contributed by atoms with van der Waals surface area (Å²) in [6, 6.07) is 5.62. The first-order chi connectivity index (χ1) is 13.3. The van der Waals surface area contributed by atoms with Crippen molar-refractivity contribution in [2.24, 2.45) is 4.99 Å². The number of anilines is 1. The number of carbonyl (C=O) groups excluding carboxylic acids is 1. The van der Waals surface area contributed by atoms with E-state index in [9.17, 15) is 4.79 Å². The minimum Gasteiger partial charge on any atom is -0.483 e. The molecule has 0 bridgehead atoms. The van der Waals surface area contributed by atoms with Gasteiger partial charge in [-0.05, 0) is 44.5 Å². The fourth-order valence-corrected chi connectivity index (χ4v) is 3.57. The average molecular weight is 410 g/mol. The maximum Gasteiger partial charge on any atom is 0.410 e. The molecule has 28 heavy (non-hydrogen) atoms. The Morgan fingerprint density at radius 1 is 1.29 bits per heavy atom. The number of ether oxygens (including phenoxy) is 3. The SMILES string of the molecule is COC1=NCCN(c2cc(Cl)cc([C@@H]3COCCN3C(=O)OC(C)(C)C)c2)C1. The highest BCUT2D eigenvalue weighted by Gasteiger charge is 2.32. The second kappa shape index (κ2) is 8.57. The van der Waals surface area contributed by atoms with E-state index in [0.717, 1.165) is 17.8 Å². The first kappa shape index (κ1) is 20.7. The van der Waals surface area contributed by atoms with Crippen LogP contribution in [0, 0.1) is 0 Å². The number of rotatable bonds is 2. The van der Waals surface area contributed by atoms with E-state index in [4.69, 9.17) is 25.8 Å². The molecule has 1 aromatic rings. The van der Waals surface area contributed by atoms with Crippen LogP contribution in [0.4, 0.5) is 10.5 Å². The second-order valence-corrected chi connectivity index (χ2v) is 8.34. The Kier molecular flexibility index (Phi) is 6.35. The molecular weight excluding hydrogens is 382 g/mol. The number of hydrogen-bond donors (Lipinski definition) is 0. The quantitative estimate of drug-likeness (QED) is 0.747. The third-order valence-electron chi connectivity index (χ3n) is 4.63. The van der Waals surface area contributed by atoms with Crippen LogP contribution in [0.3, 0.4) is 0 Å². The number of aliphatic imine (C=N–C) groups is 1. The van der Waals surface area contributed by atoms with Gasteiger partial charge in [0, 0.05) is 23.8 Å². The van der Waals surface area contributed by atoms with Crippen LogP contribution in [-0.2, 0) is 14.2 Å². The summed E-state index contributed by atoms with van der Waals surface area (Å²) >= 11 is 6.43. The van der Waals surface area contributed by atoms with Gasteiger partial charge in [-0.15, -0.1) is 0 Å². The van der Waals surface area contributed by atoms with Gasteiger partial charge in [0.1, 0.15) is 5.60 Å². The highest BCUT2D eigenvalue weighted by Crippen LogP contribution is 2.32. The molecule has 1 fully saturated rings. The summed E-state index contributed by atoms with van der Waals surface area (Å²) < 4.78 is 16.6. The van der Waals surface area contributed by atoms with Gasteiger partial charge in [-0.2, -0.15) is 0 Å². The molecule has 154 valence electrons. The Morgan fingerprint density at radius 3 is 2.79 bits per heavy atom. The normalized spacial score (nSPS) is 20.6. The Bertz CT molecular complexity index is 747. The molecule has 2 aliphatic rings. The number of benzene rings is 1. The first-order valence-electron chi connectivity index (χ1n) is 9.47. The van der Waals surface area contributed by atoms with Crippen LogP contribution in [0.1, 0.15) is 32.4 Å². The molecule has 1 aromatic carbocycles. The zero-order valence-electron chi connectivity index (χ0n) is 16.9. The molecule has 0 aliphatic carbocycles. The molecule has 1 atom stereocenters. The summed E-state index contributed by atoms with van der Waals surface area (Å²) in [6.07, 6.45) is -0.339. The Labute approximate surface area is 171 Å². The summed E-state index contributed by atoms with van der Waals surface area (Å²) in [6.45, 7) is 9.01. The number of halogens is 1. The van der Waals surface area contributed by atoms with Gasteiger partial charge in [0.2, 0.25) is 5.90 Å². The summed E-state index contributed by atoms with van der Waals surface area (Å²) in [4.78, 5) is 21.0. The summed E-state index contributed by atoms with van der Waals surface area (Å²) in [5.41, 5.74) is 1.35. The average Bonchev–Trinajstić information content (AvgIpc) is 2.66. The number of methoxy groups -OCH3 is 1. The van der Waals surface area contributed by atoms with Crippen molar-refractivity contribution in [3.8, 4) is 0 Å². The van der Waals surface area contributed by atoms with E-state index in [1.54, 1.807) is 12.0 Å². The Balaban J connectivity index is 1.86. The van der Waals surface area contributed by atoms with Crippen LogP contribution in [0.5, 0.6) is 0 Å². The smallest absolute Gasteiger partial charge is 0.410 e. The number of nitrogens with zero attached hydrogens (tertiary/aromatic N) is 3. The molecule has 1 saturated heterocycles. The van der Waals surface area contributed by atoms with E-state index in [-0.39, 0.29) is 12.1 Å². The topological polar surface area (TPSA) is 63.6 Å². The number of amides is 1. The Hall–Kier alpha value is -1.99. The summed E-state index contributed by atoms with van der Waals surface area (Å²) in [7, 11) is 1.63. The predicted octanol–water partition coefficient (Wildman–Crippen LogP) is 3.51. The maximum absolute atomic E-state index is 12.7. The predicted molar refractivity (Wildman–Crippen MR) is 109 cm³/mol. The molecule has 7 nitrogen and oxygen atoms in total. The molecule has 8 heteroatoms. The van der Waals surface area contributed by atoms with Gasteiger partial charge >= 0.3 is 6.09 Å². The third kappa shape index (κ3) is 5.08. The van der Waals surface area contributed by atoms with Crippen LogP contribution in [0.15, 0.2) is 23.2 Å². The highest BCUT2D eigenvalue weighted by atomic mass is 35.5. The van der Waals surface area contributed by atoms with Gasteiger partial charge in [-0.3, -0.25) is 9.89 Å². The maximum atomic E-state index is 12.7. The summed E-state index contributed by atoms with van der Waals surface area (Å²) in [5, 5.41) is 0.615. The second-order valence-electron chi connectivity index (χ2n) is 7.91. The molecule has 0 aromatic heterocycles. The van der Waals surface area contributed by atoms with Gasteiger partial charge in [0.25, 0.3) is 0 Å². The third-order valence-corrected chi connectivity index (χ3v) is 4.85. The zero-order valence-corrected chi connectivity index (χ0v) is 17.7. The molecule has 3 rings (SSSR count). The largest absolute Gasteiger partial charge is 0.483 e. The monoisotopic (exact) mass is 409 g/mol. The van der Waals surface area contributed by atoms with Gasteiger partial charge in [-0.25, -0.2) is 4.79 Å². The molecule has 0 radical (unpaired) electrons. The van der Waals surface area contributed by atoms with Crippen molar-refractivity contribution in [1.82, 2.24) is 4.90 Å². The Morgan fingerprint density at radius 2 is 2.07 bits per heavy atom. The molecule has 2 heterocycles. The lowest BCUT2D eigenvalue weighted by Crippen LogP contribution is -2.45. The number of carbonyl (C=O) groups is 1. The standard InChI is InChI=1S/C20H28ClN3O4/c1-20(2,3)28-19(25)24-7-8-27-13-17(24)14-9-15(21)11-16(10-14)23-6-5-22-18(12-23)26-4/h9-11,17H,5-8,12-13H2,1-4H3/t17-/m0/s1.